The second-order valence-electron chi connectivity index (χ2n) is 15.3. The van der Waals surface area contributed by atoms with Crippen LogP contribution in [0.5, 0.6) is 0 Å². The van der Waals surface area contributed by atoms with Crippen LogP contribution in [0, 0.1) is 0 Å². The molecule has 0 aromatic heterocycles. The molecule has 0 saturated carbocycles. The van der Waals surface area contributed by atoms with E-state index in [9.17, 15) is 9.59 Å². The molecule has 0 radical (unpaired) electrons. The van der Waals surface area contributed by atoms with Gasteiger partial charge in [0.1, 0.15) is 0 Å². The van der Waals surface area contributed by atoms with Gasteiger partial charge in [0.15, 0.2) is 0 Å². The van der Waals surface area contributed by atoms with Crippen molar-refractivity contribution in [1.82, 2.24) is 0 Å². The largest absolute Gasteiger partial charge is 0.481 e. The molecule has 0 aliphatic heterocycles. The molecule has 292 valence electrons. The molecule has 0 fully saturated rings. The van der Waals surface area contributed by atoms with Gasteiger partial charge in [0.05, 0.1) is 6.61 Å². The predicted molar refractivity (Wildman–Crippen MR) is 210 cm³/mol. The molecule has 0 saturated heterocycles. The summed E-state index contributed by atoms with van der Waals surface area (Å²) in [7, 11) is 0. The second-order valence-corrected chi connectivity index (χ2v) is 15.3. The molecule has 0 aromatic rings. The fourth-order valence-corrected chi connectivity index (χ4v) is 7.03. The minimum absolute atomic E-state index is 0.0102. The first-order valence-electron chi connectivity index (χ1n) is 22.1. The van der Waals surface area contributed by atoms with Gasteiger partial charge >= 0.3 is 11.9 Å². The van der Waals surface area contributed by atoms with E-state index in [1.54, 1.807) is 0 Å². The molecule has 0 atom stereocenters. The molecule has 0 unspecified atom stereocenters. The van der Waals surface area contributed by atoms with Gasteiger partial charge in [-0.3, -0.25) is 9.59 Å². The fourth-order valence-electron chi connectivity index (χ4n) is 7.03. The molecular weight excluding hydrogens is 608 g/mol. The van der Waals surface area contributed by atoms with E-state index >= 15 is 0 Å². The summed E-state index contributed by atoms with van der Waals surface area (Å²) < 4.78 is 5.46. The normalized spacial score (nSPS) is 11.4. The molecule has 0 aromatic carbocycles. The first kappa shape index (κ1) is 47.9. The Morgan fingerprint density at radius 2 is 0.531 bits per heavy atom. The van der Waals surface area contributed by atoms with Crippen molar-refractivity contribution in [2.75, 3.05) is 13.2 Å². The molecule has 2 N–H and O–H groups in total. The number of hydrogen-bond acceptors (Lipinski definition) is 4. The number of rotatable bonds is 43. The van der Waals surface area contributed by atoms with Crippen molar-refractivity contribution in [1.29, 1.82) is 0 Å². The van der Waals surface area contributed by atoms with E-state index in [0.29, 0.717) is 26.1 Å². The highest BCUT2D eigenvalue weighted by Crippen LogP contribution is 2.17. The molecule has 0 aliphatic carbocycles. The van der Waals surface area contributed by atoms with E-state index in [2.05, 4.69) is 0 Å². The number of carbonyl (C=O) groups excluding carboxylic acids is 1. The topological polar surface area (TPSA) is 83.8 Å². The highest BCUT2D eigenvalue weighted by atomic mass is 16.5. The number of unbranched alkanes of at least 4 members (excludes halogenated alkanes) is 36. The lowest BCUT2D eigenvalue weighted by atomic mass is 10.0. The Bertz CT molecular complexity index is 651. The molecule has 0 amide bonds. The average Bonchev–Trinajstić information content (AvgIpc) is 3.09. The van der Waals surface area contributed by atoms with Crippen LogP contribution in [0.3, 0.4) is 0 Å². The van der Waals surface area contributed by atoms with Gasteiger partial charge in [0, 0.05) is 19.4 Å². The van der Waals surface area contributed by atoms with Crippen LogP contribution in [-0.2, 0) is 14.3 Å². The van der Waals surface area contributed by atoms with E-state index in [1.807, 2.05) is 0 Å². The number of carboxylic acids is 1. The maximum Gasteiger partial charge on any atom is 0.305 e. The van der Waals surface area contributed by atoms with Gasteiger partial charge in [0.25, 0.3) is 0 Å². The number of hydrogen-bond donors (Lipinski definition) is 2. The summed E-state index contributed by atoms with van der Waals surface area (Å²) in [6.45, 7) is 0.967. The van der Waals surface area contributed by atoms with E-state index in [0.717, 1.165) is 32.1 Å². The zero-order valence-electron chi connectivity index (χ0n) is 32.8. The summed E-state index contributed by atoms with van der Waals surface area (Å²) >= 11 is 0. The number of ether oxygens (including phenoxy) is 1. The van der Waals surface area contributed by atoms with Crippen LogP contribution in [-0.4, -0.2) is 35.4 Å². The average molecular weight is 695 g/mol. The molecule has 0 heterocycles. The fraction of sp³-hybridized carbons (Fsp3) is 0.955. The summed E-state index contributed by atoms with van der Waals surface area (Å²) in [5.41, 5.74) is 0. The van der Waals surface area contributed by atoms with Crippen molar-refractivity contribution in [2.24, 2.45) is 0 Å². The van der Waals surface area contributed by atoms with Crippen molar-refractivity contribution in [3.05, 3.63) is 0 Å². The lowest BCUT2D eigenvalue weighted by Crippen LogP contribution is -2.05. The van der Waals surface area contributed by atoms with Crippen LogP contribution in [0.2, 0.25) is 0 Å². The lowest BCUT2D eigenvalue weighted by Gasteiger charge is -2.06. The summed E-state index contributed by atoms with van der Waals surface area (Å²) in [6.07, 6.45) is 50.1. The number of carbonyl (C=O) groups is 2. The van der Waals surface area contributed by atoms with Gasteiger partial charge in [-0.15, -0.1) is 0 Å². The summed E-state index contributed by atoms with van der Waals surface area (Å²) in [5, 5.41) is 17.4. The SMILES string of the molecule is O=C(O)CCCCCCCCCCCCCCCCCCCCCOC(=O)CCCCCCCCCCCCCCCCCCCCCO. The van der Waals surface area contributed by atoms with Crippen molar-refractivity contribution >= 4 is 11.9 Å². The maximum atomic E-state index is 12.0. The lowest BCUT2D eigenvalue weighted by molar-refractivity contribution is -0.144. The number of aliphatic carboxylic acids is 1. The van der Waals surface area contributed by atoms with E-state index in [4.69, 9.17) is 14.9 Å². The zero-order valence-corrected chi connectivity index (χ0v) is 32.8. The Labute approximate surface area is 305 Å². The smallest absolute Gasteiger partial charge is 0.305 e. The monoisotopic (exact) mass is 695 g/mol. The van der Waals surface area contributed by atoms with Crippen LogP contribution in [0.4, 0.5) is 0 Å². The first-order chi connectivity index (χ1) is 24.2. The molecule has 0 aliphatic rings. The van der Waals surface area contributed by atoms with E-state index in [1.165, 1.54) is 212 Å². The Hall–Kier alpha value is -1.10. The van der Waals surface area contributed by atoms with Gasteiger partial charge < -0.3 is 14.9 Å². The van der Waals surface area contributed by atoms with Crippen molar-refractivity contribution in [3.63, 3.8) is 0 Å². The predicted octanol–water partition coefficient (Wildman–Crippen LogP) is 14.2. The van der Waals surface area contributed by atoms with Crippen molar-refractivity contribution < 1.29 is 24.5 Å². The van der Waals surface area contributed by atoms with Crippen LogP contribution < -0.4 is 0 Å². The van der Waals surface area contributed by atoms with Crippen LogP contribution >= 0.6 is 0 Å². The third kappa shape index (κ3) is 44.9. The van der Waals surface area contributed by atoms with Gasteiger partial charge in [-0.2, -0.15) is 0 Å². The molecule has 0 bridgehead atoms. The molecule has 0 spiro atoms. The van der Waals surface area contributed by atoms with Gasteiger partial charge in [-0.05, 0) is 25.7 Å². The quantitative estimate of drug-likeness (QED) is 0.0490. The first-order valence-corrected chi connectivity index (χ1v) is 22.1. The number of carboxylic acid groups (broad SMARTS) is 1. The third-order valence-corrected chi connectivity index (χ3v) is 10.3. The van der Waals surface area contributed by atoms with Crippen molar-refractivity contribution in [3.8, 4) is 0 Å². The molecule has 5 heteroatoms. The standard InChI is InChI=1S/C44H86O5/c45-41-37-33-29-25-21-17-13-9-5-1-4-8-12-16-20-24-28-32-36-40-44(48)49-42-38-34-30-26-22-18-14-10-6-2-3-7-11-15-19-23-27-31-35-39-43(46)47/h45H,1-42H2,(H,46,47). The highest BCUT2D eigenvalue weighted by molar-refractivity contribution is 5.69. The van der Waals surface area contributed by atoms with Crippen LogP contribution in [0.25, 0.3) is 0 Å². The van der Waals surface area contributed by atoms with Crippen molar-refractivity contribution in [2.45, 2.75) is 257 Å². The minimum Gasteiger partial charge on any atom is -0.481 e. The molecule has 49 heavy (non-hydrogen) atoms. The summed E-state index contributed by atoms with van der Waals surface area (Å²) in [4.78, 5) is 22.5. The number of aliphatic hydroxyl groups is 1. The van der Waals surface area contributed by atoms with Gasteiger partial charge in [-0.1, -0.05) is 218 Å². The third-order valence-electron chi connectivity index (χ3n) is 10.3. The Kier molecular flexibility index (Phi) is 42.1. The van der Waals surface area contributed by atoms with Gasteiger partial charge in [0.2, 0.25) is 0 Å². The molecule has 0 rings (SSSR count). The molecular formula is C44H86O5. The van der Waals surface area contributed by atoms with Gasteiger partial charge in [-0.25, -0.2) is 0 Å². The Balaban J connectivity index is 3.15. The Morgan fingerprint density at radius 3 is 0.796 bits per heavy atom. The summed E-state index contributed by atoms with van der Waals surface area (Å²) in [6, 6.07) is 0. The molecule has 5 nitrogen and oxygen atoms in total. The highest BCUT2D eigenvalue weighted by Gasteiger charge is 2.03. The van der Waals surface area contributed by atoms with Crippen LogP contribution in [0.15, 0.2) is 0 Å². The number of esters is 1. The second kappa shape index (κ2) is 43.1. The summed E-state index contributed by atoms with van der Waals surface area (Å²) in [5.74, 6) is -0.651. The van der Waals surface area contributed by atoms with Crippen LogP contribution in [0.1, 0.15) is 257 Å². The van der Waals surface area contributed by atoms with E-state index < -0.39 is 5.97 Å². The maximum absolute atomic E-state index is 12.0. The van der Waals surface area contributed by atoms with E-state index in [-0.39, 0.29) is 5.97 Å². The minimum atomic E-state index is -0.661. The number of aliphatic hydroxyl groups excluding tert-OH is 1. The zero-order chi connectivity index (χ0) is 35.6. The Morgan fingerprint density at radius 1 is 0.306 bits per heavy atom.